The van der Waals surface area contributed by atoms with Crippen LogP contribution in [0.2, 0.25) is 5.02 Å². The van der Waals surface area contributed by atoms with E-state index in [0.717, 1.165) is 24.8 Å². The van der Waals surface area contributed by atoms with Crippen LogP contribution in [0.5, 0.6) is 0 Å². The van der Waals surface area contributed by atoms with Gasteiger partial charge in [-0.3, -0.25) is 19.4 Å². The quantitative estimate of drug-likeness (QED) is 0.513. The topological polar surface area (TPSA) is 101 Å². The first-order chi connectivity index (χ1) is 19.2. The molecule has 1 aromatic heterocycles. The number of ether oxygens (including phenoxy) is 1. The summed E-state index contributed by atoms with van der Waals surface area (Å²) < 4.78 is 20.1. The van der Waals surface area contributed by atoms with Crippen LogP contribution >= 0.6 is 11.6 Å². The molecule has 3 fully saturated rings. The second-order valence-corrected chi connectivity index (χ2v) is 11.9. The molecular formula is C30H32ClFN4O4. The highest BCUT2D eigenvalue weighted by Crippen LogP contribution is 2.55. The Morgan fingerprint density at radius 3 is 2.80 bits per heavy atom. The molecule has 8 atom stereocenters. The third-order valence-corrected chi connectivity index (χ3v) is 9.51. The van der Waals surface area contributed by atoms with Crippen LogP contribution in [0.25, 0.3) is 0 Å². The molecule has 1 aliphatic carbocycles. The summed E-state index contributed by atoms with van der Waals surface area (Å²) >= 11 is 5.91. The molecule has 0 radical (unpaired) electrons. The van der Waals surface area contributed by atoms with E-state index in [1.165, 1.54) is 23.1 Å². The number of likely N-dealkylation sites (tertiary alicyclic amines) is 1. The highest BCUT2D eigenvalue weighted by Gasteiger charge is 2.72. The summed E-state index contributed by atoms with van der Waals surface area (Å²) in [5, 5.41) is 5.89. The van der Waals surface area contributed by atoms with Crippen molar-refractivity contribution in [3.8, 4) is 0 Å². The van der Waals surface area contributed by atoms with E-state index >= 15 is 0 Å². The minimum absolute atomic E-state index is 0.00746. The second-order valence-electron chi connectivity index (χ2n) is 11.5. The summed E-state index contributed by atoms with van der Waals surface area (Å²) in [6.07, 6.45) is 9.23. The fraction of sp³-hybridized carbons (Fsp3) is 0.467. The lowest BCUT2D eigenvalue weighted by atomic mass is 9.73. The Balaban J connectivity index is 1.32. The van der Waals surface area contributed by atoms with Gasteiger partial charge in [-0.05, 0) is 48.1 Å². The van der Waals surface area contributed by atoms with Crippen molar-refractivity contribution in [3.05, 3.63) is 71.3 Å². The monoisotopic (exact) mass is 566 g/mol. The molecule has 2 bridgehead atoms. The molecule has 10 heteroatoms. The molecule has 4 heterocycles. The van der Waals surface area contributed by atoms with Crippen molar-refractivity contribution in [2.45, 2.75) is 63.4 Å². The number of nitrogens with zero attached hydrogens (tertiary/aromatic N) is 2. The normalized spacial score (nSPS) is 34.1. The maximum Gasteiger partial charge on any atom is 0.246 e. The fourth-order valence-corrected chi connectivity index (χ4v) is 7.15. The number of fused-ring (bicyclic) bond motifs is 1. The lowest BCUT2D eigenvalue weighted by molar-refractivity contribution is -0.142. The number of nitrogens with one attached hydrogen (secondary N) is 2. The molecule has 1 saturated carbocycles. The lowest BCUT2D eigenvalue weighted by Gasteiger charge is -2.38. The Morgan fingerprint density at radius 1 is 1.23 bits per heavy atom. The van der Waals surface area contributed by atoms with Crippen molar-refractivity contribution >= 4 is 35.0 Å². The number of carbonyl (C=O) groups excluding carboxylic acids is 3. The number of carbonyl (C=O) groups is 3. The number of hydrogen-bond acceptors (Lipinski definition) is 5. The van der Waals surface area contributed by atoms with E-state index in [1.54, 1.807) is 30.6 Å². The van der Waals surface area contributed by atoms with Crippen molar-refractivity contribution in [2.24, 2.45) is 23.7 Å². The second kappa shape index (κ2) is 10.3. The van der Waals surface area contributed by atoms with Crippen LogP contribution < -0.4 is 10.6 Å². The number of hydrogen-bond donors (Lipinski definition) is 2. The number of pyridine rings is 1. The Kier molecular flexibility index (Phi) is 6.91. The average Bonchev–Trinajstić information content (AvgIpc) is 3.57. The molecule has 1 spiro atoms. The van der Waals surface area contributed by atoms with Crippen molar-refractivity contribution in [3.63, 3.8) is 0 Å². The van der Waals surface area contributed by atoms with Crippen molar-refractivity contribution in [1.82, 2.24) is 15.2 Å². The zero-order valence-electron chi connectivity index (χ0n) is 22.3. The Labute approximate surface area is 237 Å². The minimum Gasteiger partial charge on any atom is -0.359 e. The van der Waals surface area contributed by atoms with Gasteiger partial charge in [-0.25, -0.2) is 4.39 Å². The van der Waals surface area contributed by atoms with Gasteiger partial charge < -0.3 is 20.3 Å². The van der Waals surface area contributed by atoms with Gasteiger partial charge in [-0.15, -0.1) is 0 Å². The van der Waals surface area contributed by atoms with Crippen LogP contribution in [-0.4, -0.2) is 51.4 Å². The molecule has 1 aromatic carbocycles. The van der Waals surface area contributed by atoms with Crippen molar-refractivity contribution in [2.75, 3.05) is 5.32 Å². The van der Waals surface area contributed by atoms with Gasteiger partial charge in [-0.1, -0.05) is 56.5 Å². The van der Waals surface area contributed by atoms with E-state index < -0.39 is 41.3 Å². The first-order valence-electron chi connectivity index (χ1n) is 13.8. The van der Waals surface area contributed by atoms with E-state index in [1.807, 2.05) is 6.07 Å². The number of aromatic nitrogens is 1. The van der Waals surface area contributed by atoms with Gasteiger partial charge in [0, 0.05) is 30.7 Å². The number of rotatable bonds is 6. The number of benzene rings is 1. The van der Waals surface area contributed by atoms with Crippen LogP contribution in [0.3, 0.4) is 0 Å². The summed E-state index contributed by atoms with van der Waals surface area (Å²) in [5.41, 5.74) is -0.199. The summed E-state index contributed by atoms with van der Waals surface area (Å²) in [6.45, 7) is 4.51. The molecule has 2 saturated heterocycles. The maximum atomic E-state index is 14.1. The molecule has 8 unspecified atom stereocenters. The number of halogens is 2. The molecule has 3 amide bonds. The molecule has 2 N–H and O–H groups in total. The third kappa shape index (κ3) is 4.39. The largest absolute Gasteiger partial charge is 0.359 e. The van der Waals surface area contributed by atoms with Crippen LogP contribution in [0.15, 0.2) is 54.9 Å². The molecule has 2 aromatic rings. The molecule has 6 rings (SSSR count). The summed E-state index contributed by atoms with van der Waals surface area (Å²) in [7, 11) is 0. The summed E-state index contributed by atoms with van der Waals surface area (Å²) in [6, 6.07) is 6.57. The van der Waals surface area contributed by atoms with Crippen molar-refractivity contribution < 1.29 is 23.5 Å². The van der Waals surface area contributed by atoms with Gasteiger partial charge in [0.1, 0.15) is 17.5 Å². The highest BCUT2D eigenvalue weighted by molar-refractivity contribution is 6.31. The first kappa shape index (κ1) is 26.9. The van der Waals surface area contributed by atoms with Gasteiger partial charge in [0.25, 0.3) is 0 Å². The van der Waals surface area contributed by atoms with Crippen LogP contribution in [0.1, 0.15) is 38.7 Å². The molecule has 4 aliphatic rings. The van der Waals surface area contributed by atoms with Gasteiger partial charge in [-0.2, -0.15) is 0 Å². The van der Waals surface area contributed by atoms with Gasteiger partial charge in [0.05, 0.1) is 23.0 Å². The van der Waals surface area contributed by atoms with Crippen LogP contribution in [0, 0.1) is 29.5 Å². The minimum atomic E-state index is -1.28. The molecule has 210 valence electrons. The first-order valence-corrected chi connectivity index (χ1v) is 14.2. The lowest BCUT2D eigenvalue weighted by Crippen LogP contribution is -2.57. The van der Waals surface area contributed by atoms with Crippen LogP contribution in [-0.2, 0) is 25.7 Å². The molecule has 8 nitrogen and oxygen atoms in total. The maximum absolute atomic E-state index is 14.1. The van der Waals surface area contributed by atoms with Crippen molar-refractivity contribution in [1.29, 1.82) is 0 Å². The predicted molar refractivity (Wildman–Crippen MR) is 146 cm³/mol. The van der Waals surface area contributed by atoms with E-state index in [-0.39, 0.29) is 29.4 Å². The zero-order valence-corrected chi connectivity index (χ0v) is 23.1. The molecule has 40 heavy (non-hydrogen) atoms. The Hall–Kier alpha value is -3.30. The summed E-state index contributed by atoms with van der Waals surface area (Å²) in [5.74, 6) is -2.63. The standard InChI is InChI=1S/C30H32ClFN4O4/c1-16-5-3-7-22(17(16)2)35-28(38)26-30-11-10-23(40-30)24(27(37)34-19-8-9-21(32)20(31)13-19)25(30)29(39)36(26)15-18-6-4-12-33-14-18/h4,6,8-14,16-17,22-26H,3,5,7,15H2,1-2H3,(H,34,37)(H,35,38). The van der Waals surface area contributed by atoms with Gasteiger partial charge in [0.15, 0.2) is 0 Å². The molecule has 3 aliphatic heterocycles. The average molecular weight is 567 g/mol. The summed E-state index contributed by atoms with van der Waals surface area (Å²) in [4.78, 5) is 47.5. The van der Waals surface area contributed by atoms with E-state index in [0.29, 0.717) is 17.5 Å². The smallest absolute Gasteiger partial charge is 0.246 e. The van der Waals surface area contributed by atoms with E-state index in [9.17, 15) is 18.8 Å². The van der Waals surface area contributed by atoms with Crippen LogP contribution in [0.4, 0.5) is 10.1 Å². The predicted octanol–water partition coefficient (Wildman–Crippen LogP) is 4.10. The zero-order chi connectivity index (χ0) is 28.2. The SMILES string of the molecule is CC1CCCC(NC(=O)C2N(Cc3cccnc3)C(=O)C3C(C(=O)Nc4ccc(F)c(Cl)c4)C4C=CC32O4)C1C. The Bertz CT molecular complexity index is 1370. The fourth-order valence-electron chi connectivity index (χ4n) is 6.97. The van der Waals surface area contributed by atoms with E-state index in [2.05, 4.69) is 29.5 Å². The number of anilines is 1. The van der Waals surface area contributed by atoms with Gasteiger partial charge >= 0.3 is 0 Å². The highest BCUT2D eigenvalue weighted by atomic mass is 35.5. The van der Waals surface area contributed by atoms with Gasteiger partial charge in [0.2, 0.25) is 17.7 Å². The van der Waals surface area contributed by atoms with E-state index in [4.69, 9.17) is 16.3 Å². The third-order valence-electron chi connectivity index (χ3n) is 9.22. The Morgan fingerprint density at radius 2 is 2.05 bits per heavy atom. The number of amides is 3. The molecular weight excluding hydrogens is 535 g/mol.